The van der Waals surface area contributed by atoms with Crippen LogP contribution in [0.25, 0.3) is 0 Å². The molecule has 3 nitrogen and oxygen atoms in total. The summed E-state index contributed by atoms with van der Waals surface area (Å²) in [5.74, 6) is -2.83. The minimum atomic E-state index is -4.71. The topological polar surface area (TPSA) is 27.7 Å². The fourth-order valence-electron chi connectivity index (χ4n) is 1.46. The molecule has 6 heteroatoms. The molecule has 16 heavy (non-hydrogen) atoms. The lowest BCUT2D eigenvalue weighted by Gasteiger charge is -2.27. The summed E-state index contributed by atoms with van der Waals surface area (Å²) in [6.45, 7) is 1.33. The largest absolute Gasteiger partial charge is 0.451 e. The third kappa shape index (κ3) is 1.68. The van der Waals surface area contributed by atoms with Crippen LogP contribution in [0.15, 0.2) is 30.3 Å². The Morgan fingerprint density at radius 1 is 1.19 bits per heavy atom. The fourth-order valence-corrected chi connectivity index (χ4v) is 1.46. The van der Waals surface area contributed by atoms with Gasteiger partial charge in [0.1, 0.15) is 0 Å². The fraction of sp³-hybridized carbons (Fsp3) is 0.400. The second-order valence-corrected chi connectivity index (χ2v) is 3.35. The summed E-state index contributed by atoms with van der Waals surface area (Å²) < 4.78 is 43.6. The second kappa shape index (κ2) is 3.73. The number of hydrogen-bond donors (Lipinski definition) is 0. The van der Waals surface area contributed by atoms with Gasteiger partial charge in [0.15, 0.2) is 6.29 Å². The summed E-state index contributed by atoms with van der Waals surface area (Å²) in [6.07, 6.45) is -5.78. The lowest BCUT2D eigenvalue weighted by Crippen LogP contribution is -2.43. The molecule has 0 amide bonds. The van der Waals surface area contributed by atoms with E-state index in [1.165, 1.54) is 31.2 Å². The van der Waals surface area contributed by atoms with Crippen LogP contribution in [0.4, 0.5) is 13.2 Å². The van der Waals surface area contributed by atoms with Gasteiger partial charge in [-0.2, -0.15) is 18.1 Å². The van der Waals surface area contributed by atoms with Crippen LogP contribution in [0.3, 0.4) is 0 Å². The first-order valence-corrected chi connectivity index (χ1v) is 4.60. The van der Waals surface area contributed by atoms with Crippen molar-refractivity contribution in [1.29, 1.82) is 0 Å². The molecule has 88 valence electrons. The maximum Gasteiger partial charge on any atom is 0.451 e. The van der Waals surface area contributed by atoms with Crippen molar-refractivity contribution in [3.05, 3.63) is 35.9 Å². The summed E-state index contributed by atoms with van der Waals surface area (Å²) >= 11 is 0. The van der Waals surface area contributed by atoms with Gasteiger partial charge in [-0.1, -0.05) is 30.3 Å². The van der Waals surface area contributed by atoms with Gasteiger partial charge in [0.25, 0.3) is 0 Å². The van der Waals surface area contributed by atoms with Crippen molar-refractivity contribution in [1.82, 2.24) is 0 Å². The maximum absolute atomic E-state index is 12.9. The molecule has 0 N–H and O–H groups in total. The van der Waals surface area contributed by atoms with Crippen molar-refractivity contribution in [3.63, 3.8) is 0 Å². The average molecular weight is 234 g/mol. The van der Waals surface area contributed by atoms with Crippen molar-refractivity contribution in [2.75, 3.05) is 0 Å². The van der Waals surface area contributed by atoms with E-state index in [2.05, 4.69) is 9.78 Å². The molecule has 0 aliphatic carbocycles. The lowest BCUT2D eigenvalue weighted by molar-refractivity contribution is -0.419. The second-order valence-electron chi connectivity index (χ2n) is 3.35. The Bertz CT molecular complexity index is 365. The van der Waals surface area contributed by atoms with E-state index in [1.807, 2.05) is 0 Å². The van der Waals surface area contributed by atoms with E-state index in [9.17, 15) is 13.2 Å². The summed E-state index contributed by atoms with van der Waals surface area (Å²) in [5, 5.41) is 0. The first kappa shape index (κ1) is 11.4. The van der Waals surface area contributed by atoms with E-state index in [4.69, 9.17) is 4.74 Å². The van der Waals surface area contributed by atoms with Gasteiger partial charge in [-0.25, -0.2) is 4.89 Å². The predicted octanol–water partition coefficient (Wildman–Crippen LogP) is 2.73. The van der Waals surface area contributed by atoms with Crippen molar-refractivity contribution >= 4 is 0 Å². The highest BCUT2D eigenvalue weighted by Crippen LogP contribution is 2.47. The molecule has 2 rings (SSSR count). The van der Waals surface area contributed by atoms with E-state index in [0.29, 0.717) is 0 Å². The minimum absolute atomic E-state index is 0.146. The summed E-state index contributed by atoms with van der Waals surface area (Å²) in [5.41, 5.74) is -0.146. The Hall–Kier alpha value is -1.11. The van der Waals surface area contributed by atoms with Crippen LogP contribution in [-0.2, 0) is 20.3 Å². The molecule has 0 spiro atoms. The molecular formula is C10H9F3O3. The highest BCUT2D eigenvalue weighted by atomic mass is 19.4. The van der Waals surface area contributed by atoms with Crippen LogP contribution in [0.1, 0.15) is 12.5 Å². The first-order chi connectivity index (χ1) is 7.46. The normalized spacial score (nSPS) is 30.6. The molecule has 1 heterocycles. The Morgan fingerprint density at radius 3 is 2.25 bits per heavy atom. The molecule has 2 atom stereocenters. The van der Waals surface area contributed by atoms with Crippen LogP contribution in [0.2, 0.25) is 0 Å². The molecule has 1 fully saturated rings. The molecule has 0 saturated carbocycles. The highest BCUT2D eigenvalue weighted by Gasteiger charge is 2.64. The number of alkyl halides is 3. The predicted molar refractivity (Wildman–Crippen MR) is 46.9 cm³/mol. The summed E-state index contributed by atoms with van der Waals surface area (Å²) in [4.78, 5) is 8.76. The summed E-state index contributed by atoms with van der Waals surface area (Å²) in [6, 6.07) is 7.09. The van der Waals surface area contributed by atoms with Crippen LogP contribution in [0, 0.1) is 0 Å². The van der Waals surface area contributed by atoms with Crippen molar-refractivity contribution in [2.45, 2.75) is 25.2 Å². The molecule has 0 radical (unpaired) electrons. The highest BCUT2D eigenvalue weighted by molar-refractivity contribution is 5.22. The van der Waals surface area contributed by atoms with Crippen LogP contribution in [-0.4, -0.2) is 12.5 Å². The van der Waals surface area contributed by atoms with Gasteiger partial charge in [0.05, 0.1) is 0 Å². The zero-order valence-electron chi connectivity index (χ0n) is 8.32. The van der Waals surface area contributed by atoms with E-state index < -0.39 is 18.3 Å². The van der Waals surface area contributed by atoms with Gasteiger partial charge < -0.3 is 4.74 Å². The molecule has 1 aromatic carbocycles. The van der Waals surface area contributed by atoms with E-state index in [-0.39, 0.29) is 5.56 Å². The Labute approximate surface area is 89.7 Å². The monoisotopic (exact) mass is 234 g/mol. The van der Waals surface area contributed by atoms with E-state index >= 15 is 0 Å². The number of halogens is 3. The molecule has 1 saturated heterocycles. The number of ether oxygens (including phenoxy) is 1. The van der Waals surface area contributed by atoms with Gasteiger partial charge in [-0.05, 0) is 6.92 Å². The molecule has 0 bridgehead atoms. The third-order valence-electron chi connectivity index (χ3n) is 2.16. The zero-order chi connectivity index (χ0) is 11.8. The Morgan fingerprint density at radius 2 is 1.81 bits per heavy atom. The molecular weight excluding hydrogens is 225 g/mol. The molecule has 1 aromatic rings. The van der Waals surface area contributed by atoms with Gasteiger partial charge >= 0.3 is 12.0 Å². The van der Waals surface area contributed by atoms with Gasteiger partial charge in [-0.15, -0.1) is 0 Å². The molecule has 1 aliphatic rings. The number of benzene rings is 1. The number of rotatable bonds is 1. The first-order valence-electron chi connectivity index (χ1n) is 4.60. The van der Waals surface area contributed by atoms with E-state index in [1.54, 1.807) is 6.07 Å². The minimum Gasteiger partial charge on any atom is -0.304 e. The van der Waals surface area contributed by atoms with Gasteiger partial charge in [0.2, 0.25) is 0 Å². The van der Waals surface area contributed by atoms with Gasteiger partial charge in [0, 0.05) is 5.56 Å². The van der Waals surface area contributed by atoms with Crippen molar-refractivity contribution in [2.24, 2.45) is 0 Å². The molecule has 0 unspecified atom stereocenters. The third-order valence-corrected chi connectivity index (χ3v) is 2.16. The maximum atomic E-state index is 12.9. The van der Waals surface area contributed by atoms with Crippen LogP contribution >= 0.6 is 0 Å². The van der Waals surface area contributed by atoms with E-state index in [0.717, 1.165) is 0 Å². The molecule has 0 aromatic heterocycles. The lowest BCUT2D eigenvalue weighted by atomic mass is 10.1. The zero-order valence-corrected chi connectivity index (χ0v) is 8.32. The van der Waals surface area contributed by atoms with Crippen molar-refractivity contribution < 1.29 is 27.7 Å². The smallest absolute Gasteiger partial charge is 0.304 e. The van der Waals surface area contributed by atoms with Crippen LogP contribution in [0.5, 0.6) is 0 Å². The summed E-state index contributed by atoms with van der Waals surface area (Å²) in [7, 11) is 0. The Balaban J connectivity index is 2.45. The van der Waals surface area contributed by atoms with Gasteiger partial charge in [-0.3, -0.25) is 0 Å². The van der Waals surface area contributed by atoms with Crippen molar-refractivity contribution in [3.8, 4) is 0 Å². The van der Waals surface area contributed by atoms with Crippen LogP contribution < -0.4 is 0 Å². The number of hydrogen-bond acceptors (Lipinski definition) is 3. The molecule has 1 aliphatic heterocycles. The average Bonchev–Trinajstić information content (AvgIpc) is 2.62. The SMILES string of the molecule is C[C@H]1OO[C@@](c2ccccc2)(C(F)(F)F)O1. The Kier molecular flexibility index (Phi) is 2.65. The standard InChI is InChI=1S/C10H9F3O3/c1-7-14-9(16-15-7,10(11,12)13)8-5-3-2-4-6-8/h2-7H,1H3/t7-,9+/m1/s1. The quantitative estimate of drug-likeness (QED) is 0.699.